The molecular formula is C26H22Li2. The first-order valence-electron chi connectivity index (χ1n) is 9.49. The van der Waals surface area contributed by atoms with E-state index in [2.05, 4.69) is 97.1 Å². The number of hydrogen-bond donors (Lipinski definition) is 0. The van der Waals surface area contributed by atoms with Gasteiger partial charge in [0.1, 0.15) is 0 Å². The fourth-order valence-electron chi connectivity index (χ4n) is 4.40. The van der Waals surface area contributed by atoms with Gasteiger partial charge in [-0.1, -0.05) is 97.1 Å². The Hall–Kier alpha value is -1.67. The molecule has 0 fully saturated rings. The molecule has 2 atom stereocenters. The molecule has 0 aliphatic heterocycles. The molecule has 0 bridgehead atoms. The molecule has 2 unspecified atom stereocenters. The predicted octanol–water partition coefficient (Wildman–Crippen LogP) is 5.63. The van der Waals surface area contributed by atoms with Gasteiger partial charge >= 0.3 is 0 Å². The van der Waals surface area contributed by atoms with E-state index < -0.39 is 0 Å². The molecule has 0 heterocycles. The van der Waals surface area contributed by atoms with E-state index in [0.29, 0.717) is 11.8 Å². The van der Waals surface area contributed by atoms with E-state index >= 15 is 0 Å². The van der Waals surface area contributed by atoms with Gasteiger partial charge in [-0.3, -0.25) is 0 Å². The van der Waals surface area contributed by atoms with E-state index in [1.807, 2.05) is 0 Å². The number of rotatable bonds is 4. The first-order valence-corrected chi connectivity index (χ1v) is 9.49. The largest absolute Gasteiger partial charge is 0.0760 e. The number of benzene rings is 3. The Bertz CT molecular complexity index is 937. The molecule has 5 rings (SSSR count). The smallest absolute Gasteiger partial charge is 0.00676 e. The average molecular weight is 348 g/mol. The maximum atomic E-state index is 2.41. The molecular weight excluding hydrogens is 326 g/mol. The molecule has 0 saturated carbocycles. The maximum Gasteiger partial charge on any atom is 0.00676 e. The van der Waals surface area contributed by atoms with Crippen LogP contribution >= 0.6 is 0 Å². The van der Waals surface area contributed by atoms with Crippen molar-refractivity contribution in [3.63, 3.8) is 0 Å². The summed E-state index contributed by atoms with van der Waals surface area (Å²) < 4.78 is 0. The summed E-state index contributed by atoms with van der Waals surface area (Å²) in [6.07, 6.45) is 11.4. The minimum atomic E-state index is 0. The number of hydrogen-bond acceptors (Lipinski definition) is 0. The molecule has 3 aromatic rings. The van der Waals surface area contributed by atoms with Crippen LogP contribution in [0.2, 0.25) is 0 Å². The standard InChI is InChI=1S/C26H22.2Li/c1-3-10-25-21(8-1)12-14-23(25)17-19-6-5-7-20(16-19)18-24-15-13-22-9-2-4-11-26(22)24;;/h1-16,23-24H,17-18H2;;. The van der Waals surface area contributed by atoms with Gasteiger partial charge in [0.25, 0.3) is 0 Å². The fraction of sp³-hybridized carbons (Fsp3) is 0.154. The SMILES string of the molecule is C1=CC(Cc2cccc(CC3C=Cc4ccccc43)c2)c2ccccc21.[Li].[Li]. The summed E-state index contributed by atoms with van der Waals surface area (Å²) in [6, 6.07) is 26.7. The van der Waals surface area contributed by atoms with Crippen LogP contribution in [0.3, 0.4) is 0 Å². The summed E-state index contributed by atoms with van der Waals surface area (Å²) in [5, 5.41) is 0. The molecule has 0 nitrogen and oxygen atoms in total. The molecule has 3 aromatic carbocycles. The van der Waals surface area contributed by atoms with Gasteiger partial charge in [0.05, 0.1) is 0 Å². The molecule has 128 valence electrons. The van der Waals surface area contributed by atoms with Crippen molar-refractivity contribution < 1.29 is 0 Å². The van der Waals surface area contributed by atoms with Crippen molar-refractivity contribution in [3.05, 3.63) is 118 Å². The number of allylic oxidation sites excluding steroid dienone is 2. The van der Waals surface area contributed by atoms with Gasteiger partial charge in [0, 0.05) is 49.6 Å². The van der Waals surface area contributed by atoms with Crippen molar-refractivity contribution in [2.75, 3.05) is 0 Å². The summed E-state index contributed by atoms with van der Waals surface area (Å²) in [5.41, 5.74) is 8.55. The monoisotopic (exact) mass is 348 g/mol. The zero-order chi connectivity index (χ0) is 17.3. The predicted molar refractivity (Wildman–Crippen MR) is 122 cm³/mol. The van der Waals surface area contributed by atoms with Crippen LogP contribution in [0.15, 0.2) is 84.9 Å². The van der Waals surface area contributed by atoms with E-state index in [0.717, 1.165) is 12.8 Å². The van der Waals surface area contributed by atoms with Gasteiger partial charge in [0.15, 0.2) is 0 Å². The van der Waals surface area contributed by atoms with Crippen LogP contribution in [0.4, 0.5) is 0 Å². The Morgan fingerprint density at radius 3 is 1.50 bits per heavy atom. The van der Waals surface area contributed by atoms with Crippen molar-refractivity contribution in [1.82, 2.24) is 0 Å². The third kappa shape index (κ3) is 4.18. The summed E-state index contributed by atoms with van der Waals surface area (Å²) in [4.78, 5) is 0. The molecule has 0 amide bonds. The Labute approximate surface area is 192 Å². The molecule has 2 aliphatic carbocycles. The topological polar surface area (TPSA) is 0 Å². The van der Waals surface area contributed by atoms with Gasteiger partial charge in [-0.15, -0.1) is 0 Å². The van der Waals surface area contributed by atoms with Crippen LogP contribution in [-0.4, -0.2) is 37.7 Å². The van der Waals surface area contributed by atoms with Gasteiger partial charge in [0.2, 0.25) is 0 Å². The van der Waals surface area contributed by atoms with Gasteiger partial charge < -0.3 is 0 Å². The van der Waals surface area contributed by atoms with Gasteiger partial charge in [-0.25, -0.2) is 0 Å². The van der Waals surface area contributed by atoms with Crippen LogP contribution in [0, 0.1) is 0 Å². The summed E-state index contributed by atoms with van der Waals surface area (Å²) in [6.45, 7) is 0. The Kier molecular flexibility index (Phi) is 6.93. The van der Waals surface area contributed by atoms with Gasteiger partial charge in [-0.2, -0.15) is 0 Å². The first kappa shape index (κ1) is 21.1. The second kappa shape index (κ2) is 9.22. The fourth-order valence-corrected chi connectivity index (χ4v) is 4.40. The molecule has 2 heteroatoms. The Morgan fingerprint density at radius 2 is 1.00 bits per heavy atom. The molecule has 2 aliphatic rings. The number of fused-ring (bicyclic) bond motifs is 2. The van der Waals surface area contributed by atoms with Crippen molar-refractivity contribution in [1.29, 1.82) is 0 Å². The third-order valence-corrected chi connectivity index (χ3v) is 5.71. The second-order valence-corrected chi connectivity index (χ2v) is 7.42. The summed E-state index contributed by atoms with van der Waals surface area (Å²) in [7, 11) is 0. The average Bonchev–Trinajstić information content (AvgIpc) is 3.27. The summed E-state index contributed by atoms with van der Waals surface area (Å²) >= 11 is 0. The quantitative estimate of drug-likeness (QED) is 0.536. The van der Waals surface area contributed by atoms with Crippen molar-refractivity contribution >= 4 is 49.9 Å². The van der Waals surface area contributed by atoms with Gasteiger partial charge in [-0.05, 0) is 46.2 Å². The van der Waals surface area contributed by atoms with Crippen molar-refractivity contribution in [3.8, 4) is 0 Å². The molecule has 28 heavy (non-hydrogen) atoms. The van der Waals surface area contributed by atoms with Crippen LogP contribution in [0.5, 0.6) is 0 Å². The minimum absolute atomic E-state index is 0. The minimum Gasteiger partial charge on any atom is -0.0760 e. The first-order chi connectivity index (χ1) is 12.9. The van der Waals surface area contributed by atoms with Crippen molar-refractivity contribution in [2.24, 2.45) is 0 Å². The third-order valence-electron chi connectivity index (χ3n) is 5.71. The molecule has 0 N–H and O–H groups in total. The molecule has 2 radical (unpaired) electrons. The summed E-state index contributed by atoms with van der Waals surface area (Å²) in [5.74, 6) is 1.02. The Balaban J connectivity index is 0.00000112. The van der Waals surface area contributed by atoms with E-state index in [-0.39, 0.29) is 37.7 Å². The van der Waals surface area contributed by atoms with E-state index in [1.54, 1.807) is 0 Å². The normalized spacial score (nSPS) is 18.1. The van der Waals surface area contributed by atoms with Crippen molar-refractivity contribution in [2.45, 2.75) is 24.7 Å². The van der Waals surface area contributed by atoms with Crippen LogP contribution < -0.4 is 0 Å². The molecule has 0 spiro atoms. The second-order valence-electron chi connectivity index (χ2n) is 7.42. The van der Waals surface area contributed by atoms with E-state index in [1.165, 1.54) is 33.4 Å². The molecule has 0 saturated heterocycles. The van der Waals surface area contributed by atoms with E-state index in [9.17, 15) is 0 Å². The zero-order valence-corrected chi connectivity index (χ0v) is 16.8. The van der Waals surface area contributed by atoms with Crippen LogP contribution in [0.1, 0.15) is 45.2 Å². The molecule has 0 aromatic heterocycles. The zero-order valence-electron chi connectivity index (χ0n) is 16.8. The maximum absolute atomic E-state index is 2.41. The van der Waals surface area contributed by atoms with Crippen LogP contribution in [0.25, 0.3) is 12.2 Å². The Morgan fingerprint density at radius 1 is 0.536 bits per heavy atom. The van der Waals surface area contributed by atoms with Crippen LogP contribution in [-0.2, 0) is 12.8 Å². The van der Waals surface area contributed by atoms with E-state index in [4.69, 9.17) is 0 Å².